The SMILES string of the molecule is O=C1O[C@@]23C[C@@H]1C[C@H]1C[C@@H](O)[C@H]4CCCN2CCC[C@]143. The molecule has 0 radical (unpaired) electrons. The number of ether oxygens (including phenoxy) is 1. The first-order chi connectivity index (χ1) is 9.67. The lowest BCUT2D eigenvalue weighted by atomic mass is 9.54. The molecule has 4 bridgehead atoms. The van der Waals surface area contributed by atoms with Gasteiger partial charge in [-0.1, -0.05) is 0 Å². The van der Waals surface area contributed by atoms with Gasteiger partial charge in [0.1, 0.15) is 0 Å². The number of aliphatic hydroxyl groups excluding tert-OH is 1. The molecular formula is C16H23NO3. The lowest BCUT2D eigenvalue weighted by Crippen LogP contribution is -2.67. The van der Waals surface area contributed by atoms with Crippen LogP contribution in [0.3, 0.4) is 0 Å². The largest absolute Gasteiger partial charge is 0.443 e. The molecule has 1 unspecified atom stereocenters. The quantitative estimate of drug-likeness (QED) is 0.682. The maximum absolute atomic E-state index is 12.3. The molecule has 5 rings (SSSR count). The minimum absolute atomic E-state index is 0.0424. The number of piperidine rings is 1. The lowest BCUT2D eigenvalue weighted by Gasteiger charge is -2.59. The molecule has 4 nitrogen and oxygen atoms in total. The fourth-order valence-electron chi connectivity index (χ4n) is 6.80. The lowest BCUT2D eigenvalue weighted by molar-refractivity contribution is -0.245. The number of aliphatic hydroxyl groups is 1. The molecule has 20 heavy (non-hydrogen) atoms. The second-order valence-corrected chi connectivity index (χ2v) is 7.72. The van der Waals surface area contributed by atoms with E-state index in [1.807, 2.05) is 0 Å². The Morgan fingerprint density at radius 3 is 3.00 bits per heavy atom. The van der Waals surface area contributed by atoms with E-state index in [2.05, 4.69) is 4.90 Å². The fourth-order valence-corrected chi connectivity index (χ4v) is 6.80. The zero-order valence-corrected chi connectivity index (χ0v) is 11.9. The van der Waals surface area contributed by atoms with Gasteiger partial charge in [0.15, 0.2) is 5.72 Å². The molecule has 3 heterocycles. The van der Waals surface area contributed by atoms with Crippen molar-refractivity contribution in [2.24, 2.45) is 23.2 Å². The van der Waals surface area contributed by atoms with Crippen LogP contribution in [0.1, 0.15) is 44.9 Å². The van der Waals surface area contributed by atoms with E-state index < -0.39 is 0 Å². The molecule has 2 saturated carbocycles. The molecule has 2 spiro atoms. The molecule has 5 aliphatic rings. The molecule has 0 amide bonds. The van der Waals surface area contributed by atoms with Crippen molar-refractivity contribution in [2.75, 3.05) is 13.1 Å². The molecule has 0 aromatic rings. The van der Waals surface area contributed by atoms with E-state index in [4.69, 9.17) is 4.74 Å². The van der Waals surface area contributed by atoms with Crippen LogP contribution < -0.4 is 0 Å². The molecule has 2 aliphatic carbocycles. The summed E-state index contributed by atoms with van der Waals surface area (Å²) in [5.74, 6) is 0.983. The van der Waals surface area contributed by atoms with E-state index in [1.165, 1.54) is 6.42 Å². The Labute approximate surface area is 119 Å². The van der Waals surface area contributed by atoms with Gasteiger partial charge in [-0.2, -0.15) is 0 Å². The van der Waals surface area contributed by atoms with Crippen molar-refractivity contribution in [3.05, 3.63) is 0 Å². The van der Waals surface area contributed by atoms with Crippen molar-refractivity contribution in [2.45, 2.75) is 56.8 Å². The third-order valence-electron chi connectivity index (χ3n) is 7.28. The van der Waals surface area contributed by atoms with Crippen LogP contribution >= 0.6 is 0 Å². The summed E-state index contributed by atoms with van der Waals surface area (Å²) in [4.78, 5) is 14.8. The number of fused-ring (bicyclic) bond motifs is 1. The van der Waals surface area contributed by atoms with Crippen LogP contribution in [0.5, 0.6) is 0 Å². The average Bonchev–Trinajstić information content (AvgIpc) is 2.82. The molecular weight excluding hydrogens is 254 g/mol. The smallest absolute Gasteiger partial charge is 0.310 e. The summed E-state index contributed by atoms with van der Waals surface area (Å²) in [6, 6.07) is 0. The first-order valence-electron chi connectivity index (χ1n) is 8.33. The van der Waals surface area contributed by atoms with Crippen molar-refractivity contribution in [1.29, 1.82) is 0 Å². The molecule has 0 aromatic heterocycles. The highest BCUT2D eigenvalue weighted by atomic mass is 16.6. The van der Waals surface area contributed by atoms with Crippen LogP contribution in [-0.4, -0.2) is 40.9 Å². The Kier molecular flexibility index (Phi) is 2.15. The molecule has 5 fully saturated rings. The van der Waals surface area contributed by atoms with Gasteiger partial charge < -0.3 is 9.84 Å². The summed E-state index contributed by atoms with van der Waals surface area (Å²) in [5.41, 5.74) is -0.293. The number of nitrogens with zero attached hydrogens (tertiary/aromatic N) is 1. The van der Waals surface area contributed by atoms with Crippen LogP contribution in [0, 0.1) is 23.2 Å². The number of hydrogen-bond donors (Lipinski definition) is 1. The third kappa shape index (κ3) is 1.09. The number of carbonyl (C=O) groups is 1. The predicted molar refractivity (Wildman–Crippen MR) is 71.6 cm³/mol. The first kappa shape index (κ1) is 12.0. The highest BCUT2D eigenvalue weighted by molar-refractivity contribution is 5.76. The Morgan fingerprint density at radius 1 is 1.25 bits per heavy atom. The van der Waals surface area contributed by atoms with Gasteiger partial charge in [-0.3, -0.25) is 9.69 Å². The summed E-state index contributed by atoms with van der Waals surface area (Å²) in [6.45, 7) is 2.11. The van der Waals surface area contributed by atoms with E-state index in [0.717, 1.165) is 51.6 Å². The minimum Gasteiger partial charge on any atom is -0.443 e. The monoisotopic (exact) mass is 277 g/mol. The zero-order valence-electron chi connectivity index (χ0n) is 11.9. The van der Waals surface area contributed by atoms with E-state index in [1.54, 1.807) is 0 Å². The summed E-state index contributed by atoms with van der Waals surface area (Å²) >= 11 is 0. The van der Waals surface area contributed by atoms with Gasteiger partial charge in [-0.25, -0.2) is 0 Å². The fraction of sp³-hybridized carbons (Fsp3) is 0.938. The average molecular weight is 277 g/mol. The van der Waals surface area contributed by atoms with Crippen LogP contribution in [0.25, 0.3) is 0 Å². The third-order valence-corrected chi connectivity index (χ3v) is 7.28. The molecule has 3 aliphatic heterocycles. The Hall–Kier alpha value is -0.610. The van der Waals surface area contributed by atoms with E-state index in [9.17, 15) is 9.90 Å². The van der Waals surface area contributed by atoms with Crippen molar-refractivity contribution in [1.82, 2.24) is 4.90 Å². The normalized spacial score (nSPS) is 59.9. The highest BCUT2D eigenvalue weighted by Gasteiger charge is 2.75. The molecule has 3 saturated heterocycles. The van der Waals surface area contributed by atoms with Crippen LogP contribution in [0.4, 0.5) is 0 Å². The van der Waals surface area contributed by atoms with Crippen LogP contribution in [0.2, 0.25) is 0 Å². The van der Waals surface area contributed by atoms with Gasteiger partial charge in [0.2, 0.25) is 0 Å². The predicted octanol–water partition coefficient (Wildman–Crippen LogP) is 1.52. The van der Waals surface area contributed by atoms with E-state index in [-0.39, 0.29) is 29.1 Å². The number of hydrogen-bond acceptors (Lipinski definition) is 4. The molecule has 7 atom stereocenters. The molecule has 0 aromatic carbocycles. The molecule has 110 valence electrons. The maximum Gasteiger partial charge on any atom is 0.310 e. The second-order valence-electron chi connectivity index (χ2n) is 7.72. The van der Waals surface area contributed by atoms with E-state index in [0.29, 0.717) is 11.8 Å². The topological polar surface area (TPSA) is 49.8 Å². The second kappa shape index (κ2) is 3.58. The molecule has 1 N–H and O–H groups in total. The van der Waals surface area contributed by atoms with Crippen LogP contribution in [-0.2, 0) is 9.53 Å². The van der Waals surface area contributed by atoms with Gasteiger partial charge in [0.25, 0.3) is 0 Å². The highest BCUT2D eigenvalue weighted by Crippen LogP contribution is 2.70. The van der Waals surface area contributed by atoms with E-state index >= 15 is 0 Å². The molecule has 4 heteroatoms. The Balaban J connectivity index is 1.74. The summed E-state index contributed by atoms with van der Waals surface area (Å²) in [5, 5.41) is 10.6. The van der Waals surface area contributed by atoms with Gasteiger partial charge >= 0.3 is 5.97 Å². The first-order valence-corrected chi connectivity index (χ1v) is 8.33. The minimum atomic E-state index is -0.353. The number of carbonyl (C=O) groups excluding carboxylic acids is 1. The maximum atomic E-state index is 12.3. The van der Waals surface area contributed by atoms with Gasteiger partial charge in [-0.05, 0) is 50.4 Å². The summed E-state index contributed by atoms with van der Waals surface area (Å²) < 4.78 is 6.12. The Morgan fingerprint density at radius 2 is 2.10 bits per heavy atom. The summed E-state index contributed by atoms with van der Waals surface area (Å²) in [7, 11) is 0. The van der Waals surface area contributed by atoms with Crippen molar-refractivity contribution >= 4 is 5.97 Å². The van der Waals surface area contributed by atoms with Crippen molar-refractivity contribution in [3.63, 3.8) is 0 Å². The van der Waals surface area contributed by atoms with Crippen LogP contribution in [0.15, 0.2) is 0 Å². The summed E-state index contributed by atoms with van der Waals surface area (Å²) in [6.07, 6.45) is 7.17. The van der Waals surface area contributed by atoms with Gasteiger partial charge in [-0.15, -0.1) is 0 Å². The number of esters is 1. The standard InChI is InChI=1S/C16H23NO3/c18-13-8-11-7-10-9-16(20-14(10)19)15(11)4-2-6-17(16)5-1-3-12(13)15/h10-13,18H,1-9H2/t10-,11-,12+,13+,15-,16+/m0/s1. The van der Waals surface area contributed by atoms with Crippen molar-refractivity contribution < 1.29 is 14.6 Å². The number of rotatable bonds is 0. The van der Waals surface area contributed by atoms with Crippen molar-refractivity contribution in [3.8, 4) is 0 Å². The van der Waals surface area contributed by atoms with Gasteiger partial charge in [0.05, 0.1) is 12.0 Å². The Bertz CT molecular complexity index is 480. The zero-order chi connectivity index (χ0) is 13.5. The van der Waals surface area contributed by atoms with Gasteiger partial charge in [0, 0.05) is 24.9 Å².